The number of nitrogens with zero attached hydrogens (tertiary/aromatic N) is 3. The van der Waals surface area contributed by atoms with E-state index >= 15 is 0 Å². The van der Waals surface area contributed by atoms with Crippen molar-refractivity contribution in [3.05, 3.63) is 47.3 Å². The highest BCUT2D eigenvalue weighted by molar-refractivity contribution is 14.0. The van der Waals surface area contributed by atoms with Gasteiger partial charge in [-0.1, -0.05) is 18.2 Å². The highest BCUT2D eigenvalue weighted by Gasteiger charge is 2.08. The molecule has 0 spiro atoms. The smallest absolute Gasteiger partial charge is 0.191 e. The Morgan fingerprint density at radius 2 is 1.78 bits per heavy atom. The molecular weight excluding hydrogens is 401 g/mol. The fraction of sp³-hybridized carbons (Fsp3) is 0.412. The van der Waals surface area contributed by atoms with Gasteiger partial charge in [-0.15, -0.1) is 24.0 Å². The molecule has 0 aliphatic rings. The SMILES string of the molecule is CCNC(=NCc1ccccc1-n1nc(C)cc1C)NCC.I. The number of halogens is 1. The number of benzene rings is 1. The normalized spacial score (nSPS) is 9.91. The summed E-state index contributed by atoms with van der Waals surface area (Å²) in [5.41, 5.74) is 4.40. The molecule has 126 valence electrons. The van der Waals surface area contributed by atoms with Crippen molar-refractivity contribution in [2.24, 2.45) is 4.99 Å². The highest BCUT2D eigenvalue weighted by Crippen LogP contribution is 2.17. The quantitative estimate of drug-likeness (QED) is 0.438. The predicted molar refractivity (Wildman–Crippen MR) is 107 cm³/mol. The van der Waals surface area contributed by atoms with Gasteiger partial charge in [-0.3, -0.25) is 0 Å². The van der Waals surface area contributed by atoms with Gasteiger partial charge in [0.15, 0.2) is 5.96 Å². The number of aryl methyl sites for hydroxylation is 2. The molecule has 0 amide bonds. The van der Waals surface area contributed by atoms with Crippen LogP contribution in [0.4, 0.5) is 0 Å². The van der Waals surface area contributed by atoms with E-state index < -0.39 is 0 Å². The summed E-state index contributed by atoms with van der Waals surface area (Å²) >= 11 is 0. The molecular formula is C17H26IN5. The summed E-state index contributed by atoms with van der Waals surface area (Å²) < 4.78 is 1.99. The number of hydrogen-bond donors (Lipinski definition) is 2. The van der Waals surface area contributed by atoms with Crippen LogP contribution in [0.15, 0.2) is 35.3 Å². The third-order valence-corrected chi connectivity index (χ3v) is 3.33. The number of nitrogens with one attached hydrogen (secondary N) is 2. The van der Waals surface area contributed by atoms with Gasteiger partial charge in [0.25, 0.3) is 0 Å². The van der Waals surface area contributed by atoms with E-state index in [0.717, 1.165) is 41.7 Å². The van der Waals surface area contributed by atoms with E-state index in [0.29, 0.717) is 6.54 Å². The van der Waals surface area contributed by atoms with Gasteiger partial charge in [-0.2, -0.15) is 5.10 Å². The largest absolute Gasteiger partial charge is 0.357 e. The van der Waals surface area contributed by atoms with Crippen molar-refractivity contribution in [1.29, 1.82) is 0 Å². The molecule has 0 aliphatic heterocycles. The summed E-state index contributed by atoms with van der Waals surface area (Å²) in [6.45, 7) is 10.5. The van der Waals surface area contributed by atoms with Crippen LogP contribution in [0, 0.1) is 13.8 Å². The van der Waals surface area contributed by atoms with Gasteiger partial charge in [0, 0.05) is 18.8 Å². The number of para-hydroxylation sites is 1. The lowest BCUT2D eigenvalue weighted by Gasteiger charge is -2.12. The first-order chi connectivity index (χ1) is 10.7. The molecule has 1 aromatic heterocycles. The van der Waals surface area contributed by atoms with Crippen LogP contribution in [0.1, 0.15) is 30.8 Å². The summed E-state index contributed by atoms with van der Waals surface area (Å²) in [5.74, 6) is 0.841. The molecule has 6 heteroatoms. The average Bonchev–Trinajstić information content (AvgIpc) is 2.84. The minimum atomic E-state index is 0. The number of guanidine groups is 1. The topological polar surface area (TPSA) is 54.2 Å². The van der Waals surface area contributed by atoms with Crippen LogP contribution in [0.3, 0.4) is 0 Å². The van der Waals surface area contributed by atoms with Crippen LogP contribution < -0.4 is 10.6 Å². The first kappa shape index (κ1) is 19.5. The zero-order valence-electron chi connectivity index (χ0n) is 14.3. The van der Waals surface area contributed by atoms with E-state index in [4.69, 9.17) is 0 Å². The molecule has 1 heterocycles. The van der Waals surface area contributed by atoms with E-state index in [1.54, 1.807) is 0 Å². The van der Waals surface area contributed by atoms with Crippen molar-refractivity contribution < 1.29 is 0 Å². The summed E-state index contributed by atoms with van der Waals surface area (Å²) in [6.07, 6.45) is 0. The van der Waals surface area contributed by atoms with Gasteiger partial charge >= 0.3 is 0 Å². The lowest BCUT2D eigenvalue weighted by Crippen LogP contribution is -2.37. The minimum absolute atomic E-state index is 0. The van der Waals surface area contributed by atoms with Gasteiger partial charge in [0.1, 0.15) is 0 Å². The Morgan fingerprint density at radius 3 is 2.35 bits per heavy atom. The standard InChI is InChI=1S/C17H25N5.HI/c1-5-18-17(19-6-2)20-12-15-9-7-8-10-16(15)22-14(4)11-13(3)21-22;/h7-11H,5-6,12H2,1-4H3,(H2,18,19,20);1H. The Kier molecular flexibility index (Phi) is 8.08. The summed E-state index contributed by atoms with van der Waals surface area (Å²) in [5, 5.41) is 11.1. The molecule has 0 unspecified atom stereocenters. The van der Waals surface area contributed by atoms with E-state index in [2.05, 4.69) is 59.7 Å². The molecule has 5 nitrogen and oxygen atoms in total. The first-order valence-corrected chi connectivity index (χ1v) is 7.79. The molecule has 0 saturated heterocycles. The van der Waals surface area contributed by atoms with Gasteiger partial charge in [0.05, 0.1) is 17.9 Å². The van der Waals surface area contributed by atoms with Crippen molar-refractivity contribution in [2.45, 2.75) is 34.2 Å². The second-order valence-corrected chi connectivity index (χ2v) is 5.19. The highest BCUT2D eigenvalue weighted by atomic mass is 127. The molecule has 1 aromatic carbocycles. The average molecular weight is 427 g/mol. The van der Waals surface area contributed by atoms with E-state index in [1.165, 1.54) is 0 Å². The maximum absolute atomic E-state index is 4.65. The Labute approximate surface area is 155 Å². The second kappa shape index (κ2) is 9.54. The van der Waals surface area contributed by atoms with E-state index in [1.807, 2.05) is 23.7 Å². The molecule has 0 atom stereocenters. The molecule has 0 saturated carbocycles. The summed E-state index contributed by atoms with van der Waals surface area (Å²) in [6, 6.07) is 10.4. The Morgan fingerprint density at radius 1 is 1.13 bits per heavy atom. The first-order valence-electron chi connectivity index (χ1n) is 7.79. The predicted octanol–water partition coefficient (Wildman–Crippen LogP) is 3.18. The van der Waals surface area contributed by atoms with Crippen molar-refractivity contribution in [2.75, 3.05) is 13.1 Å². The Balaban J connectivity index is 0.00000264. The molecule has 0 radical (unpaired) electrons. The van der Waals surface area contributed by atoms with Crippen LogP contribution in [-0.4, -0.2) is 28.8 Å². The zero-order chi connectivity index (χ0) is 15.9. The molecule has 0 aliphatic carbocycles. The van der Waals surface area contributed by atoms with Gasteiger partial charge in [0.2, 0.25) is 0 Å². The monoisotopic (exact) mass is 427 g/mol. The molecule has 0 bridgehead atoms. The third kappa shape index (κ3) is 5.23. The van der Waals surface area contributed by atoms with E-state index in [9.17, 15) is 0 Å². The molecule has 2 aromatic rings. The summed E-state index contributed by atoms with van der Waals surface area (Å²) in [7, 11) is 0. The molecule has 23 heavy (non-hydrogen) atoms. The number of aliphatic imine (C=N–C) groups is 1. The maximum Gasteiger partial charge on any atom is 0.191 e. The van der Waals surface area contributed by atoms with Crippen molar-refractivity contribution in [1.82, 2.24) is 20.4 Å². The number of rotatable bonds is 5. The summed E-state index contributed by atoms with van der Waals surface area (Å²) in [4.78, 5) is 4.65. The van der Waals surface area contributed by atoms with E-state index in [-0.39, 0.29) is 24.0 Å². The number of aromatic nitrogens is 2. The molecule has 0 fully saturated rings. The number of hydrogen-bond acceptors (Lipinski definition) is 2. The van der Waals surface area contributed by atoms with Crippen molar-refractivity contribution >= 4 is 29.9 Å². The zero-order valence-corrected chi connectivity index (χ0v) is 16.6. The van der Waals surface area contributed by atoms with Crippen LogP contribution in [0.5, 0.6) is 0 Å². The Hall–Kier alpha value is -1.57. The van der Waals surface area contributed by atoms with Crippen LogP contribution in [0.25, 0.3) is 5.69 Å². The molecule has 2 N–H and O–H groups in total. The van der Waals surface area contributed by atoms with Crippen molar-refractivity contribution in [3.63, 3.8) is 0 Å². The van der Waals surface area contributed by atoms with Crippen LogP contribution in [-0.2, 0) is 6.54 Å². The van der Waals surface area contributed by atoms with Gasteiger partial charge in [-0.25, -0.2) is 9.67 Å². The van der Waals surface area contributed by atoms with Crippen molar-refractivity contribution in [3.8, 4) is 5.69 Å². The van der Waals surface area contributed by atoms with Crippen LogP contribution in [0.2, 0.25) is 0 Å². The Bertz CT molecular complexity index is 640. The fourth-order valence-electron chi connectivity index (χ4n) is 2.40. The lowest BCUT2D eigenvalue weighted by atomic mass is 10.2. The maximum atomic E-state index is 4.65. The van der Waals surface area contributed by atoms with Gasteiger partial charge in [-0.05, 0) is 45.4 Å². The third-order valence-electron chi connectivity index (χ3n) is 3.33. The van der Waals surface area contributed by atoms with Gasteiger partial charge < -0.3 is 10.6 Å². The van der Waals surface area contributed by atoms with Crippen LogP contribution >= 0.6 is 24.0 Å². The minimum Gasteiger partial charge on any atom is -0.357 e. The molecule has 2 rings (SSSR count). The second-order valence-electron chi connectivity index (χ2n) is 5.19. The fourth-order valence-corrected chi connectivity index (χ4v) is 2.40. The lowest BCUT2D eigenvalue weighted by molar-refractivity contribution is 0.808.